The molecule has 0 aromatic heterocycles. The number of carbonyl (C=O) groups excluding carboxylic acids is 1. The van der Waals surface area contributed by atoms with Crippen molar-refractivity contribution in [1.29, 1.82) is 5.26 Å². The average Bonchev–Trinajstić information content (AvgIpc) is 2.74. The molecule has 8 nitrogen and oxygen atoms in total. The summed E-state index contributed by atoms with van der Waals surface area (Å²) in [6.07, 6.45) is 2.21. The van der Waals surface area contributed by atoms with E-state index in [1.807, 2.05) is 24.3 Å². The zero-order valence-electron chi connectivity index (χ0n) is 17.2. The van der Waals surface area contributed by atoms with Gasteiger partial charge in [-0.15, -0.1) is 0 Å². The van der Waals surface area contributed by atoms with E-state index in [1.165, 1.54) is 0 Å². The Morgan fingerprint density at radius 3 is 2.23 bits per heavy atom. The van der Waals surface area contributed by atoms with Gasteiger partial charge < -0.3 is 20.0 Å². The fourth-order valence-corrected chi connectivity index (χ4v) is 3.80. The Hall–Kier alpha value is -2.93. The molecule has 1 fully saturated rings. The molecule has 0 saturated carbocycles. The van der Waals surface area contributed by atoms with Crippen LogP contribution in [-0.2, 0) is 26.1 Å². The molecule has 2 aromatic carbocycles. The van der Waals surface area contributed by atoms with Crippen LogP contribution in [0.25, 0.3) is 11.1 Å². The van der Waals surface area contributed by atoms with Crippen molar-refractivity contribution in [2.24, 2.45) is 5.73 Å². The maximum atomic E-state index is 12.5. The van der Waals surface area contributed by atoms with Gasteiger partial charge in [-0.1, -0.05) is 36.4 Å². The first kappa shape index (κ1) is 22.7. The Kier molecular flexibility index (Phi) is 6.95. The number of nitrogens with zero attached hydrogens (tertiary/aromatic N) is 1. The van der Waals surface area contributed by atoms with E-state index >= 15 is 0 Å². The van der Waals surface area contributed by atoms with Crippen LogP contribution in [-0.4, -0.2) is 45.4 Å². The Labute approximate surface area is 182 Å². The van der Waals surface area contributed by atoms with E-state index < -0.39 is 21.7 Å². The maximum Gasteiger partial charge on any atom is 0.306 e. The van der Waals surface area contributed by atoms with Crippen LogP contribution in [0, 0.1) is 11.3 Å². The van der Waals surface area contributed by atoms with Gasteiger partial charge in [-0.25, -0.2) is 0 Å². The number of ether oxygens (including phenoxy) is 1. The maximum absolute atomic E-state index is 12.5. The minimum absolute atomic E-state index is 0.248. The number of benzene rings is 2. The lowest BCUT2D eigenvalue weighted by molar-refractivity contribution is -0.130. The van der Waals surface area contributed by atoms with Gasteiger partial charge in [-0.2, -0.15) is 13.7 Å². The lowest BCUT2D eigenvalue weighted by Crippen LogP contribution is -2.58. The molecule has 3 rings (SSSR count). The highest BCUT2D eigenvalue weighted by molar-refractivity contribution is 7.86. The van der Waals surface area contributed by atoms with Crippen molar-refractivity contribution in [2.75, 3.05) is 19.5 Å². The molecule has 1 aliphatic rings. The summed E-state index contributed by atoms with van der Waals surface area (Å²) >= 11 is 0. The Morgan fingerprint density at radius 2 is 1.71 bits per heavy atom. The minimum Gasteiger partial charge on any atom is -0.383 e. The number of nitrogens with one attached hydrogen (secondary N) is 1. The van der Waals surface area contributed by atoms with Crippen LogP contribution in [0.2, 0.25) is 0 Å². The van der Waals surface area contributed by atoms with Crippen molar-refractivity contribution < 1.29 is 22.1 Å². The van der Waals surface area contributed by atoms with E-state index in [4.69, 9.17) is 14.7 Å². The van der Waals surface area contributed by atoms with Gasteiger partial charge in [-0.3, -0.25) is 4.79 Å². The molecule has 1 saturated heterocycles. The number of hydrogen-bond acceptors (Lipinski definition) is 7. The lowest BCUT2D eigenvalue weighted by atomic mass is 9.90. The quantitative estimate of drug-likeness (QED) is 0.623. The number of carbonyl (C=O) groups is 1. The third-order valence-electron chi connectivity index (χ3n) is 5.13. The number of nitriles is 1. The molecule has 1 heterocycles. The van der Waals surface area contributed by atoms with E-state index in [-0.39, 0.29) is 11.7 Å². The zero-order chi connectivity index (χ0) is 22.5. The second-order valence-corrected chi connectivity index (χ2v) is 9.21. The predicted octanol–water partition coefficient (Wildman–Crippen LogP) is 1.75. The Balaban J connectivity index is 1.62. The van der Waals surface area contributed by atoms with E-state index in [9.17, 15) is 18.5 Å². The summed E-state index contributed by atoms with van der Waals surface area (Å²) in [6.45, 7) is 0.869. The number of nitrogens with two attached hydrogens (primary N) is 1. The molecule has 2 aromatic rings. The second-order valence-electron chi connectivity index (χ2n) is 7.64. The third-order valence-corrected chi connectivity index (χ3v) is 5.62. The van der Waals surface area contributed by atoms with Gasteiger partial charge in [0.15, 0.2) is 0 Å². The van der Waals surface area contributed by atoms with E-state index in [2.05, 4.69) is 11.4 Å². The fourth-order valence-electron chi connectivity index (χ4n) is 3.34. The van der Waals surface area contributed by atoms with E-state index in [0.29, 0.717) is 32.5 Å². The summed E-state index contributed by atoms with van der Waals surface area (Å²) in [5.41, 5.74) is 7.90. The van der Waals surface area contributed by atoms with Crippen LogP contribution >= 0.6 is 0 Å². The normalized spacial score (nSPS) is 16.7. The molecule has 9 heteroatoms. The molecule has 3 N–H and O–H groups in total. The second kappa shape index (κ2) is 9.47. The molecule has 31 heavy (non-hydrogen) atoms. The summed E-state index contributed by atoms with van der Waals surface area (Å²) in [4.78, 5) is 12.5. The van der Waals surface area contributed by atoms with Crippen LogP contribution in [0.5, 0.6) is 5.75 Å². The zero-order valence-corrected chi connectivity index (χ0v) is 18.0. The van der Waals surface area contributed by atoms with Gasteiger partial charge in [0.2, 0.25) is 5.91 Å². The molecule has 0 radical (unpaired) electrons. The summed E-state index contributed by atoms with van der Waals surface area (Å²) in [7, 11) is -3.56. The number of amides is 1. The summed E-state index contributed by atoms with van der Waals surface area (Å²) in [5.74, 6) is -0.0759. The van der Waals surface area contributed by atoms with Crippen molar-refractivity contribution in [3.05, 3.63) is 54.1 Å². The van der Waals surface area contributed by atoms with E-state index in [1.54, 1.807) is 24.3 Å². The average molecular weight is 444 g/mol. The highest BCUT2D eigenvalue weighted by atomic mass is 32.2. The fraction of sp³-hybridized carbons (Fsp3) is 0.364. The van der Waals surface area contributed by atoms with E-state index in [0.717, 1.165) is 22.9 Å². The van der Waals surface area contributed by atoms with Crippen molar-refractivity contribution >= 4 is 16.0 Å². The van der Waals surface area contributed by atoms with Crippen LogP contribution in [0.3, 0.4) is 0 Å². The first-order chi connectivity index (χ1) is 14.7. The Morgan fingerprint density at radius 1 is 1.16 bits per heavy atom. The molecule has 0 spiro atoms. The molecule has 0 unspecified atom stereocenters. The molecule has 0 bridgehead atoms. The predicted molar refractivity (Wildman–Crippen MR) is 116 cm³/mol. The van der Waals surface area contributed by atoms with Crippen LogP contribution in [0.1, 0.15) is 18.4 Å². The summed E-state index contributed by atoms with van der Waals surface area (Å²) < 4.78 is 32.5. The van der Waals surface area contributed by atoms with Crippen molar-refractivity contribution in [1.82, 2.24) is 5.32 Å². The van der Waals surface area contributed by atoms with Gasteiger partial charge in [0.05, 0.1) is 17.9 Å². The summed E-state index contributed by atoms with van der Waals surface area (Å²) in [6, 6.07) is 15.7. The van der Waals surface area contributed by atoms with Gasteiger partial charge in [0.1, 0.15) is 11.8 Å². The lowest BCUT2D eigenvalue weighted by Gasteiger charge is -2.32. The van der Waals surface area contributed by atoms with Crippen molar-refractivity contribution in [2.45, 2.75) is 30.8 Å². The molecule has 1 amide bonds. The third kappa shape index (κ3) is 6.28. The molecule has 1 aliphatic heterocycles. The largest absolute Gasteiger partial charge is 0.383 e. The number of hydrogen-bond donors (Lipinski definition) is 2. The Bertz CT molecular complexity index is 1050. The van der Waals surface area contributed by atoms with Gasteiger partial charge in [-0.05, 0) is 41.7 Å². The van der Waals surface area contributed by atoms with Gasteiger partial charge in [0.25, 0.3) is 0 Å². The summed E-state index contributed by atoms with van der Waals surface area (Å²) in [5, 5.41) is 12.2. The first-order valence-corrected chi connectivity index (χ1v) is 11.7. The topological polar surface area (TPSA) is 132 Å². The smallest absolute Gasteiger partial charge is 0.306 e. The highest BCUT2D eigenvalue weighted by Crippen LogP contribution is 2.24. The molecule has 164 valence electrons. The van der Waals surface area contributed by atoms with Crippen molar-refractivity contribution in [3.63, 3.8) is 0 Å². The SMILES string of the molecule is CS(=O)(=O)Oc1ccc(-c2ccc(C[C@@H](C#N)NC(=O)C3(N)CCOCC3)cc2)cc1. The van der Waals surface area contributed by atoms with Gasteiger partial charge >= 0.3 is 10.1 Å². The molecule has 0 aliphatic carbocycles. The first-order valence-electron chi connectivity index (χ1n) is 9.85. The minimum atomic E-state index is -3.56. The highest BCUT2D eigenvalue weighted by Gasteiger charge is 2.36. The van der Waals surface area contributed by atoms with Crippen LogP contribution < -0.4 is 15.2 Å². The molecular formula is C22H25N3O5S. The van der Waals surface area contributed by atoms with Gasteiger partial charge in [0, 0.05) is 19.6 Å². The standard InChI is InChI=1S/C22H25N3O5S/c1-31(27,28)30-20-8-6-18(7-9-20)17-4-2-16(3-5-17)14-19(15-23)25-21(26)22(24)10-12-29-13-11-22/h2-9,19H,10-14,24H2,1H3,(H,25,26)/t19-/m0/s1. The van der Waals surface area contributed by atoms with Crippen LogP contribution in [0.4, 0.5) is 0 Å². The molecule has 1 atom stereocenters. The monoisotopic (exact) mass is 443 g/mol. The van der Waals surface area contributed by atoms with Crippen LogP contribution in [0.15, 0.2) is 48.5 Å². The number of rotatable bonds is 7. The molecular weight excluding hydrogens is 418 g/mol. The van der Waals surface area contributed by atoms with Crippen molar-refractivity contribution in [3.8, 4) is 22.9 Å².